The molecule has 0 saturated heterocycles. The van der Waals surface area contributed by atoms with Crippen LogP contribution in [0.4, 0.5) is 4.39 Å². The van der Waals surface area contributed by atoms with Gasteiger partial charge in [-0.05, 0) is 47.3 Å². The van der Waals surface area contributed by atoms with Crippen LogP contribution in [0.25, 0.3) is 0 Å². The van der Waals surface area contributed by atoms with Crippen LogP contribution in [0.15, 0.2) is 16.6 Å². The average Bonchev–Trinajstić information content (AvgIpc) is 2.96. The van der Waals surface area contributed by atoms with Gasteiger partial charge in [-0.2, -0.15) is 0 Å². The summed E-state index contributed by atoms with van der Waals surface area (Å²) in [6, 6.07) is 3.21. The van der Waals surface area contributed by atoms with Crippen molar-refractivity contribution in [3.8, 4) is 0 Å². The minimum Gasteiger partial charge on any atom is -0.349 e. The van der Waals surface area contributed by atoms with Crippen molar-refractivity contribution in [2.75, 3.05) is 0 Å². The topological polar surface area (TPSA) is 29.1 Å². The molecule has 0 aromatic heterocycles. The van der Waals surface area contributed by atoms with Crippen molar-refractivity contribution in [2.24, 2.45) is 0 Å². The Morgan fingerprint density at radius 1 is 1.53 bits per heavy atom. The van der Waals surface area contributed by atoms with E-state index in [4.69, 9.17) is 0 Å². The first-order chi connectivity index (χ1) is 7.09. The summed E-state index contributed by atoms with van der Waals surface area (Å²) in [5, 5.41) is 2.77. The van der Waals surface area contributed by atoms with E-state index in [2.05, 4.69) is 21.2 Å². The highest BCUT2D eigenvalue weighted by molar-refractivity contribution is 9.10. The maximum absolute atomic E-state index is 13.5. The second-order valence-electron chi connectivity index (χ2n) is 3.80. The van der Waals surface area contributed by atoms with Crippen LogP contribution in [0.5, 0.6) is 0 Å². The van der Waals surface area contributed by atoms with Crippen molar-refractivity contribution in [1.82, 2.24) is 5.32 Å². The highest BCUT2D eigenvalue weighted by Crippen LogP contribution is 2.26. The summed E-state index contributed by atoms with van der Waals surface area (Å²) in [5.74, 6) is -0.809. The van der Waals surface area contributed by atoms with Crippen LogP contribution in [-0.2, 0) is 0 Å². The van der Waals surface area contributed by atoms with E-state index in [1.165, 1.54) is 6.07 Å². The molecule has 0 atom stereocenters. The normalized spacial score (nSPS) is 15.1. The molecule has 1 aliphatic carbocycles. The minimum atomic E-state index is -0.481. The molecule has 1 fully saturated rings. The number of aryl methyl sites for hydroxylation is 1. The van der Waals surface area contributed by atoms with Gasteiger partial charge in [-0.1, -0.05) is 6.07 Å². The molecular weight excluding hydrogens is 261 g/mol. The van der Waals surface area contributed by atoms with Gasteiger partial charge in [0.2, 0.25) is 0 Å². The Bertz CT molecular complexity index is 415. The third kappa shape index (κ3) is 2.20. The molecule has 4 heteroatoms. The molecule has 0 spiro atoms. The van der Waals surface area contributed by atoms with Crippen LogP contribution < -0.4 is 5.32 Å². The van der Waals surface area contributed by atoms with E-state index in [9.17, 15) is 9.18 Å². The summed E-state index contributed by atoms with van der Waals surface area (Å²) < 4.78 is 14.0. The lowest BCUT2D eigenvalue weighted by molar-refractivity contribution is 0.0946. The van der Waals surface area contributed by atoms with E-state index in [0.717, 1.165) is 18.4 Å². The molecule has 0 unspecified atom stereocenters. The highest BCUT2D eigenvalue weighted by Gasteiger charge is 2.26. The summed E-state index contributed by atoms with van der Waals surface area (Å²) >= 11 is 3.24. The lowest BCUT2D eigenvalue weighted by atomic mass is 10.1. The molecule has 0 heterocycles. The molecule has 1 amide bonds. The van der Waals surface area contributed by atoms with Gasteiger partial charge in [-0.15, -0.1) is 0 Å². The van der Waals surface area contributed by atoms with Gasteiger partial charge >= 0.3 is 0 Å². The lowest BCUT2D eigenvalue weighted by Gasteiger charge is -2.08. The number of halogens is 2. The molecule has 2 nitrogen and oxygen atoms in total. The predicted octanol–water partition coefficient (Wildman–Crippen LogP) is 2.79. The van der Waals surface area contributed by atoms with E-state index in [1.54, 1.807) is 6.07 Å². The van der Waals surface area contributed by atoms with Gasteiger partial charge in [0.25, 0.3) is 5.91 Å². The smallest absolute Gasteiger partial charge is 0.255 e. The van der Waals surface area contributed by atoms with Crippen LogP contribution in [0.3, 0.4) is 0 Å². The monoisotopic (exact) mass is 271 g/mol. The van der Waals surface area contributed by atoms with Crippen molar-refractivity contribution in [3.63, 3.8) is 0 Å². The molecule has 0 aliphatic heterocycles. The first-order valence-electron chi connectivity index (χ1n) is 4.85. The van der Waals surface area contributed by atoms with Crippen LogP contribution in [0.2, 0.25) is 0 Å². The molecule has 1 saturated carbocycles. The zero-order valence-corrected chi connectivity index (χ0v) is 9.90. The van der Waals surface area contributed by atoms with E-state index < -0.39 is 5.82 Å². The van der Waals surface area contributed by atoms with Gasteiger partial charge in [0.05, 0.1) is 5.56 Å². The zero-order chi connectivity index (χ0) is 11.0. The number of amides is 1. The molecule has 1 aliphatic rings. The van der Waals surface area contributed by atoms with Crippen molar-refractivity contribution in [2.45, 2.75) is 25.8 Å². The van der Waals surface area contributed by atoms with E-state index in [1.807, 2.05) is 6.92 Å². The molecule has 2 rings (SSSR count). The summed E-state index contributed by atoms with van der Waals surface area (Å²) in [4.78, 5) is 11.7. The maximum atomic E-state index is 13.5. The van der Waals surface area contributed by atoms with Crippen molar-refractivity contribution >= 4 is 21.8 Å². The predicted molar refractivity (Wildman–Crippen MR) is 59.3 cm³/mol. The van der Waals surface area contributed by atoms with Crippen molar-refractivity contribution in [1.29, 1.82) is 0 Å². The van der Waals surface area contributed by atoms with Crippen LogP contribution in [-0.4, -0.2) is 11.9 Å². The number of nitrogens with one attached hydrogen (secondary N) is 1. The summed E-state index contributed by atoms with van der Waals surface area (Å²) in [6.45, 7) is 1.83. The number of hydrogen-bond acceptors (Lipinski definition) is 1. The molecule has 1 N–H and O–H groups in total. The number of carbonyl (C=O) groups is 1. The molecule has 0 bridgehead atoms. The molecular formula is C11H11BrFNO. The van der Waals surface area contributed by atoms with Gasteiger partial charge in [0.15, 0.2) is 0 Å². The van der Waals surface area contributed by atoms with Crippen LogP contribution in [0.1, 0.15) is 28.8 Å². The third-order valence-corrected chi connectivity index (χ3v) is 3.45. The Labute approximate surface area is 96.0 Å². The first kappa shape index (κ1) is 10.6. The average molecular weight is 272 g/mol. The Balaban J connectivity index is 2.32. The quantitative estimate of drug-likeness (QED) is 0.881. The summed E-state index contributed by atoms with van der Waals surface area (Å²) in [6.07, 6.45) is 1.99. The summed E-state index contributed by atoms with van der Waals surface area (Å²) in [7, 11) is 0. The summed E-state index contributed by atoms with van der Waals surface area (Å²) in [5.41, 5.74) is 0.972. The Kier molecular flexibility index (Phi) is 2.78. The lowest BCUT2D eigenvalue weighted by Crippen LogP contribution is -2.26. The van der Waals surface area contributed by atoms with Gasteiger partial charge < -0.3 is 5.32 Å². The Morgan fingerprint density at radius 3 is 2.80 bits per heavy atom. The molecule has 80 valence electrons. The molecule has 0 radical (unpaired) electrons. The minimum absolute atomic E-state index is 0.113. The second kappa shape index (κ2) is 3.93. The van der Waals surface area contributed by atoms with Gasteiger partial charge in [-0.25, -0.2) is 4.39 Å². The van der Waals surface area contributed by atoms with Crippen LogP contribution >= 0.6 is 15.9 Å². The van der Waals surface area contributed by atoms with Crippen molar-refractivity contribution in [3.05, 3.63) is 33.5 Å². The van der Waals surface area contributed by atoms with Crippen molar-refractivity contribution < 1.29 is 9.18 Å². The van der Waals surface area contributed by atoms with Gasteiger partial charge in [0, 0.05) is 10.5 Å². The second-order valence-corrected chi connectivity index (χ2v) is 4.59. The van der Waals surface area contributed by atoms with Crippen LogP contribution in [0, 0.1) is 12.7 Å². The number of hydrogen-bond donors (Lipinski definition) is 1. The fraction of sp³-hybridized carbons (Fsp3) is 0.364. The third-order valence-electron chi connectivity index (χ3n) is 2.42. The first-order valence-corrected chi connectivity index (χ1v) is 5.64. The maximum Gasteiger partial charge on any atom is 0.255 e. The highest BCUT2D eigenvalue weighted by atomic mass is 79.9. The van der Waals surface area contributed by atoms with Gasteiger partial charge in [-0.3, -0.25) is 4.79 Å². The number of benzene rings is 1. The Hall–Kier alpha value is -0.900. The largest absolute Gasteiger partial charge is 0.349 e. The van der Waals surface area contributed by atoms with E-state index >= 15 is 0 Å². The number of rotatable bonds is 2. The molecule has 1 aromatic rings. The standard InChI is InChI=1S/C11H11BrFNO/c1-6-2-5-8(13)9(10(6)12)11(15)14-7-3-4-7/h2,5,7H,3-4H2,1H3,(H,14,15). The SMILES string of the molecule is Cc1ccc(F)c(C(=O)NC2CC2)c1Br. The molecule has 1 aromatic carbocycles. The number of carbonyl (C=O) groups excluding carboxylic acids is 1. The fourth-order valence-electron chi connectivity index (χ4n) is 1.35. The molecule has 15 heavy (non-hydrogen) atoms. The van der Waals surface area contributed by atoms with E-state index in [-0.39, 0.29) is 17.5 Å². The van der Waals surface area contributed by atoms with E-state index in [0.29, 0.717) is 4.47 Å². The van der Waals surface area contributed by atoms with Gasteiger partial charge in [0.1, 0.15) is 5.82 Å². The fourth-order valence-corrected chi connectivity index (χ4v) is 1.85. The zero-order valence-electron chi connectivity index (χ0n) is 8.31. The Morgan fingerprint density at radius 2 is 2.20 bits per heavy atom.